The van der Waals surface area contributed by atoms with E-state index in [0.717, 1.165) is 24.3 Å². The van der Waals surface area contributed by atoms with Gasteiger partial charge in [-0.2, -0.15) is 0 Å². The minimum atomic E-state index is -0.998. The predicted molar refractivity (Wildman–Crippen MR) is 60.8 cm³/mol. The van der Waals surface area contributed by atoms with Crippen molar-refractivity contribution in [3.05, 3.63) is 59.7 Å². The van der Waals surface area contributed by atoms with Gasteiger partial charge < -0.3 is 4.90 Å². The van der Waals surface area contributed by atoms with E-state index in [1.54, 1.807) is 7.05 Å². The Balaban J connectivity index is 2.37. The van der Waals surface area contributed by atoms with Gasteiger partial charge in [-0.15, -0.1) is 0 Å². The molecule has 0 spiro atoms. The molecular weight excluding hydrogens is 246 g/mol. The number of nitrogens with zero attached hydrogens (tertiary/aromatic N) is 1. The fourth-order valence-electron chi connectivity index (χ4n) is 1.54. The van der Waals surface area contributed by atoms with Crippen molar-refractivity contribution in [3.8, 4) is 0 Å². The standard InChI is InChI=1S/C13H9F4N/c1-18(8-2-4-10(14)12(16)6-8)9-3-5-11(15)13(17)7-9/h2-7H,1H3. The van der Waals surface area contributed by atoms with E-state index >= 15 is 0 Å². The summed E-state index contributed by atoms with van der Waals surface area (Å²) in [5, 5.41) is 0. The highest BCUT2D eigenvalue weighted by Crippen LogP contribution is 2.26. The van der Waals surface area contributed by atoms with Crippen LogP contribution in [-0.2, 0) is 0 Å². The highest BCUT2D eigenvalue weighted by Gasteiger charge is 2.10. The Hall–Kier alpha value is -2.04. The minimum Gasteiger partial charge on any atom is -0.344 e. The normalized spacial score (nSPS) is 10.5. The van der Waals surface area contributed by atoms with Gasteiger partial charge in [0.1, 0.15) is 0 Å². The zero-order valence-electron chi connectivity index (χ0n) is 9.42. The van der Waals surface area contributed by atoms with Crippen molar-refractivity contribution in [2.75, 3.05) is 11.9 Å². The molecule has 2 aromatic carbocycles. The van der Waals surface area contributed by atoms with Gasteiger partial charge in [0.2, 0.25) is 0 Å². The Labute approximate surface area is 101 Å². The number of anilines is 2. The Morgan fingerprint density at radius 2 is 1.06 bits per heavy atom. The zero-order valence-corrected chi connectivity index (χ0v) is 9.42. The monoisotopic (exact) mass is 255 g/mol. The predicted octanol–water partition coefficient (Wildman–Crippen LogP) is 4.01. The molecule has 0 aliphatic rings. The van der Waals surface area contributed by atoms with Crippen molar-refractivity contribution in [2.45, 2.75) is 0 Å². The molecular formula is C13H9F4N. The first-order valence-corrected chi connectivity index (χ1v) is 5.13. The Morgan fingerprint density at radius 1 is 0.667 bits per heavy atom. The molecule has 0 atom stereocenters. The summed E-state index contributed by atoms with van der Waals surface area (Å²) >= 11 is 0. The maximum Gasteiger partial charge on any atom is 0.160 e. The molecule has 0 aliphatic carbocycles. The Kier molecular flexibility index (Phi) is 3.23. The van der Waals surface area contributed by atoms with Crippen molar-refractivity contribution < 1.29 is 17.6 Å². The number of benzene rings is 2. The van der Waals surface area contributed by atoms with E-state index in [2.05, 4.69) is 0 Å². The van der Waals surface area contributed by atoms with Crippen LogP contribution in [0.3, 0.4) is 0 Å². The molecule has 0 fully saturated rings. The van der Waals surface area contributed by atoms with E-state index in [-0.39, 0.29) is 0 Å². The molecule has 0 amide bonds. The molecule has 0 aliphatic heterocycles. The maximum atomic E-state index is 13.1. The molecule has 1 nitrogen and oxygen atoms in total. The van der Waals surface area contributed by atoms with Gasteiger partial charge in [-0.1, -0.05) is 0 Å². The average Bonchev–Trinajstić information content (AvgIpc) is 2.35. The van der Waals surface area contributed by atoms with Crippen LogP contribution >= 0.6 is 0 Å². The first-order chi connectivity index (χ1) is 8.49. The largest absolute Gasteiger partial charge is 0.344 e. The first kappa shape index (κ1) is 12.4. The van der Waals surface area contributed by atoms with Gasteiger partial charge in [0.15, 0.2) is 23.3 Å². The Bertz CT molecular complexity index is 532. The highest BCUT2D eigenvalue weighted by atomic mass is 19.2. The van der Waals surface area contributed by atoms with Gasteiger partial charge in [0.05, 0.1) is 0 Å². The summed E-state index contributed by atoms with van der Waals surface area (Å²) in [5.74, 6) is -3.92. The molecule has 0 saturated heterocycles. The van der Waals surface area contributed by atoms with E-state index < -0.39 is 23.3 Å². The second-order valence-electron chi connectivity index (χ2n) is 3.76. The lowest BCUT2D eigenvalue weighted by Gasteiger charge is -2.19. The quantitative estimate of drug-likeness (QED) is 0.733. The summed E-state index contributed by atoms with van der Waals surface area (Å²) in [7, 11) is 1.54. The van der Waals surface area contributed by atoms with Crippen molar-refractivity contribution in [1.82, 2.24) is 0 Å². The average molecular weight is 255 g/mol. The van der Waals surface area contributed by atoms with Gasteiger partial charge in [-0.3, -0.25) is 0 Å². The molecule has 2 rings (SSSR count). The fraction of sp³-hybridized carbons (Fsp3) is 0.0769. The highest BCUT2D eigenvalue weighted by molar-refractivity contribution is 5.62. The summed E-state index contributed by atoms with van der Waals surface area (Å²) in [5.41, 5.74) is 0.666. The molecule has 2 aromatic rings. The molecule has 18 heavy (non-hydrogen) atoms. The van der Waals surface area contributed by atoms with Crippen LogP contribution in [0, 0.1) is 23.3 Å². The SMILES string of the molecule is CN(c1ccc(F)c(F)c1)c1ccc(F)c(F)c1. The van der Waals surface area contributed by atoms with Crippen LogP contribution < -0.4 is 4.90 Å². The van der Waals surface area contributed by atoms with Gasteiger partial charge in [-0.25, -0.2) is 17.6 Å². The lowest BCUT2D eigenvalue weighted by molar-refractivity contribution is 0.508. The summed E-state index contributed by atoms with van der Waals surface area (Å²) in [4.78, 5) is 1.42. The van der Waals surface area contributed by atoms with Crippen molar-refractivity contribution in [1.29, 1.82) is 0 Å². The molecule has 0 radical (unpaired) electrons. The van der Waals surface area contributed by atoms with Gasteiger partial charge >= 0.3 is 0 Å². The fourth-order valence-corrected chi connectivity index (χ4v) is 1.54. The van der Waals surface area contributed by atoms with Crippen LogP contribution in [0.4, 0.5) is 28.9 Å². The van der Waals surface area contributed by atoms with Crippen LogP contribution in [0.5, 0.6) is 0 Å². The number of halogens is 4. The molecule has 5 heteroatoms. The van der Waals surface area contributed by atoms with Gasteiger partial charge in [0.25, 0.3) is 0 Å². The van der Waals surface area contributed by atoms with E-state index in [0.29, 0.717) is 11.4 Å². The number of rotatable bonds is 2. The molecule has 0 N–H and O–H groups in total. The maximum absolute atomic E-state index is 13.1. The number of hydrogen-bond acceptors (Lipinski definition) is 1. The molecule has 0 bridgehead atoms. The van der Waals surface area contributed by atoms with E-state index in [9.17, 15) is 17.6 Å². The third-order valence-corrected chi connectivity index (χ3v) is 2.58. The van der Waals surface area contributed by atoms with Crippen molar-refractivity contribution >= 4 is 11.4 Å². The summed E-state index contributed by atoms with van der Waals surface area (Å²) < 4.78 is 51.7. The van der Waals surface area contributed by atoms with Crippen LogP contribution in [0.25, 0.3) is 0 Å². The third-order valence-electron chi connectivity index (χ3n) is 2.58. The topological polar surface area (TPSA) is 3.24 Å². The lowest BCUT2D eigenvalue weighted by Crippen LogP contribution is -2.10. The molecule has 0 saturated carbocycles. The van der Waals surface area contributed by atoms with E-state index in [1.807, 2.05) is 0 Å². The van der Waals surface area contributed by atoms with Crippen LogP contribution in [0.15, 0.2) is 36.4 Å². The molecule has 94 valence electrons. The molecule has 0 unspecified atom stereocenters. The number of hydrogen-bond donors (Lipinski definition) is 0. The third kappa shape index (κ3) is 2.30. The summed E-state index contributed by atoms with van der Waals surface area (Å²) in [6.45, 7) is 0. The first-order valence-electron chi connectivity index (χ1n) is 5.13. The van der Waals surface area contributed by atoms with Gasteiger partial charge in [-0.05, 0) is 24.3 Å². The zero-order chi connectivity index (χ0) is 13.3. The van der Waals surface area contributed by atoms with Crippen LogP contribution in [-0.4, -0.2) is 7.05 Å². The minimum absolute atomic E-state index is 0.333. The van der Waals surface area contributed by atoms with E-state index in [4.69, 9.17) is 0 Å². The van der Waals surface area contributed by atoms with Crippen LogP contribution in [0.1, 0.15) is 0 Å². The smallest absolute Gasteiger partial charge is 0.160 e. The van der Waals surface area contributed by atoms with Crippen molar-refractivity contribution in [2.24, 2.45) is 0 Å². The summed E-state index contributed by atoms with van der Waals surface area (Å²) in [6.07, 6.45) is 0. The second-order valence-corrected chi connectivity index (χ2v) is 3.76. The molecule has 0 aromatic heterocycles. The second kappa shape index (κ2) is 4.68. The molecule has 0 heterocycles. The van der Waals surface area contributed by atoms with Gasteiger partial charge in [0, 0.05) is 30.6 Å². The Morgan fingerprint density at radius 3 is 1.39 bits per heavy atom. The van der Waals surface area contributed by atoms with Crippen molar-refractivity contribution in [3.63, 3.8) is 0 Å². The van der Waals surface area contributed by atoms with E-state index in [1.165, 1.54) is 17.0 Å². The lowest BCUT2D eigenvalue weighted by atomic mass is 10.2. The van der Waals surface area contributed by atoms with Crippen LogP contribution in [0.2, 0.25) is 0 Å². The summed E-state index contributed by atoms with van der Waals surface area (Å²) in [6, 6.07) is 6.61.